The quantitative estimate of drug-likeness (QED) is 0.447. The smallest absolute Gasteiger partial charge is 0.123 e. The third kappa shape index (κ3) is 1.72. The van der Waals surface area contributed by atoms with E-state index in [1.165, 1.54) is 12.8 Å². The van der Waals surface area contributed by atoms with Gasteiger partial charge in [0.05, 0.1) is 0 Å². The van der Waals surface area contributed by atoms with Gasteiger partial charge in [-0.1, -0.05) is 12.8 Å². The topological polar surface area (TPSA) is 17.1 Å². The van der Waals surface area contributed by atoms with Gasteiger partial charge in [-0.15, -0.1) is 11.6 Å². The van der Waals surface area contributed by atoms with E-state index in [0.717, 1.165) is 19.1 Å². The van der Waals surface area contributed by atoms with Crippen LogP contribution in [-0.4, -0.2) is 12.2 Å². The van der Waals surface area contributed by atoms with E-state index in [9.17, 15) is 4.79 Å². The van der Waals surface area contributed by atoms with Crippen molar-refractivity contribution in [2.24, 2.45) is 11.8 Å². The molecule has 0 aromatic heterocycles. The summed E-state index contributed by atoms with van der Waals surface area (Å²) in [7, 11) is 0. The standard InChI is InChI=1S/C8H13ClO/c9-5-7-3-1-2-4-8(7)6-10/h6-8H,1-5H2. The average Bonchev–Trinajstić information content (AvgIpc) is 2.04. The van der Waals surface area contributed by atoms with Crippen LogP contribution in [0.3, 0.4) is 0 Å². The molecule has 0 aliphatic heterocycles. The second-order valence-electron chi connectivity index (χ2n) is 3.00. The molecular weight excluding hydrogens is 148 g/mol. The highest BCUT2D eigenvalue weighted by atomic mass is 35.5. The first-order valence-electron chi connectivity index (χ1n) is 3.89. The Kier molecular flexibility index (Phi) is 3.20. The first-order valence-corrected chi connectivity index (χ1v) is 4.43. The van der Waals surface area contributed by atoms with E-state index in [2.05, 4.69) is 0 Å². The van der Waals surface area contributed by atoms with Crippen LogP contribution in [0.2, 0.25) is 0 Å². The van der Waals surface area contributed by atoms with Crippen LogP contribution in [-0.2, 0) is 4.79 Å². The molecule has 0 heterocycles. The van der Waals surface area contributed by atoms with E-state index < -0.39 is 0 Å². The Balaban J connectivity index is 2.41. The molecule has 2 heteroatoms. The normalized spacial score (nSPS) is 33.7. The Hall–Kier alpha value is -0.0400. The van der Waals surface area contributed by atoms with Crippen LogP contribution >= 0.6 is 11.6 Å². The van der Waals surface area contributed by atoms with Gasteiger partial charge in [0, 0.05) is 11.8 Å². The molecule has 2 atom stereocenters. The number of hydrogen-bond donors (Lipinski definition) is 0. The van der Waals surface area contributed by atoms with Gasteiger partial charge in [0.25, 0.3) is 0 Å². The zero-order chi connectivity index (χ0) is 7.40. The summed E-state index contributed by atoms with van der Waals surface area (Å²) in [6, 6.07) is 0. The first kappa shape index (κ1) is 8.06. The lowest BCUT2D eigenvalue weighted by molar-refractivity contribution is -0.113. The summed E-state index contributed by atoms with van der Waals surface area (Å²) in [6.07, 6.45) is 5.73. The SMILES string of the molecule is O=CC1CCCCC1CCl. The molecule has 0 radical (unpaired) electrons. The van der Waals surface area contributed by atoms with Gasteiger partial charge in [-0.2, -0.15) is 0 Å². The summed E-state index contributed by atoms with van der Waals surface area (Å²) in [4.78, 5) is 10.5. The maximum absolute atomic E-state index is 10.5. The molecule has 1 saturated carbocycles. The molecule has 0 N–H and O–H groups in total. The molecule has 0 spiro atoms. The minimum atomic E-state index is 0.256. The first-order chi connectivity index (χ1) is 4.88. The Labute approximate surface area is 66.8 Å². The van der Waals surface area contributed by atoms with Crippen molar-refractivity contribution in [2.45, 2.75) is 25.7 Å². The van der Waals surface area contributed by atoms with Crippen LogP contribution in [0.5, 0.6) is 0 Å². The van der Waals surface area contributed by atoms with Crippen molar-refractivity contribution in [3.8, 4) is 0 Å². The van der Waals surface area contributed by atoms with Gasteiger partial charge in [-0.05, 0) is 18.8 Å². The second-order valence-corrected chi connectivity index (χ2v) is 3.31. The van der Waals surface area contributed by atoms with Gasteiger partial charge in [0.1, 0.15) is 6.29 Å². The highest BCUT2D eigenvalue weighted by molar-refractivity contribution is 6.18. The third-order valence-corrected chi connectivity index (χ3v) is 2.74. The van der Waals surface area contributed by atoms with Gasteiger partial charge in [0.2, 0.25) is 0 Å². The minimum Gasteiger partial charge on any atom is -0.303 e. The predicted octanol–water partition coefficient (Wildman–Crippen LogP) is 2.23. The Morgan fingerprint density at radius 1 is 1.40 bits per heavy atom. The zero-order valence-corrected chi connectivity index (χ0v) is 6.81. The number of hydrogen-bond acceptors (Lipinski definition) is 1. The predicted molar refractivity (Wildman–Crippen MR) is 42.2 cm³/mol. The number of carbonyl (C=O) groups excluding carboxylic acids is 1. The molecule has 1 aliphatic rings. The van der Waals surface area contributed by atoms with Crippen molar-refractivity contribution in [1.82, 2.24) is 0 Å². The van der Waals surface area contributed by atoms with Crippen LogP contribution < -0.4 is 0 Å². The number of halogens is 1. The van der Waals surface area contributed by atoms with Gasteiger partial charge < -0.3 is 4.79 Å². The van der Waals surface area contributed by atoms with Gasteiger partial charge in [0.15, 0.2) is 0 Å². The molecule has 2 unspecified atom stereocenters. The van der Waals surface area contributed by atoms with Crippen molar-refractivity contribution in [3.05, 3.63) is 0 Å². The lowest BCUT2D eigenvalue weighted by Gasteiger charge is -2.25. The van der Waals surface area contributed by atoms with Crippen LogP contribution in [0, 0.1) is 11.8 Å². The van der Waals surface area contributed by atoms with Crippen LogP contribution in [0.4, 0.5) is 0 Å². The minimum absolute atomic E-state index is 0.256. The molecule has 1 aliphatic carbocycles. The molecule has 0 saturated heterocycles. The van der Waals surface area contributed by atoms with E-state index in [4.69, 9.17) is 11.6 Å². The van der Waals surface area contributed by atoms with E-state index in [-0.39, 0.29) is 5.92 Å². The van der Waals surface area contributed by atoms with Crippen molar-refractivity contribution < 1.29 is 4.79 Å². The van der Waals surface area contributed by atoms with Gasteiger partial charge in [-0.25, -0.2) is 0 Å². The van der Waals surface area contributed by atoms with Gasteiger partial charge >= 0.3 is 0 Å². The molecule has 10 heavy (non-hydrogen) atoms. The molecule has 1 rings (SSSR count). The van der Waals surface area contributed by atoms with Crippen molar-refractivity contribution >= 4 is 17.9 Å². The maximum Gasteiger partial charge on any atom is 0.123 e. The summed E-state index contributed by atoms with van der Waals surface area (Å²) in [5.41, 5.74) is 0. The molecule has 0 aromatic carbocycles. The fourth-order valence-electron chi connectivity index (χ4n) is 1.61. The number of rotatable bonds is 2. The van der Waals surface area contributed by atoms with E-state index in [1.807, 2.05) is 0 Å². The monoisotopic (exact) mass is 160 g/mol. The van der Waals surface area contributed by atoms with E-state index >= 15 is 0 Å². The zero-order valence-electron chi connectivity index (χ0n) is 6.05. The fourth-order valence-corrected chi connectivity index (χ4v) is 1.99. The summed E-state index contributed by atoms with van der Waals surface area (Å²) in [6.45, 7) is 0. The molecular formula is C8H13ClO. The summed E-state index contributed by atoms with van der Waals surface area (Å²) < 4.78 is 0. The molecule has 0 bridgehead atoms. The second kappa shape index (κ2) is 3.97. The molecule has 58 valence electrons. The molecule has 1 fully saturated rings. The Bertz CT molecular complexity index is 114. The number of carbonyl (C=O) groups is 1. The lowest BCUT2D eigenvalue weighted by atomic mass is 9.81. The van der Waals surface area contributed by atoms with Crippen LogP contribution in [0.15, 0.2) is 0 Å². The van der Waals surface area contributed by atoms with Crippen molar-refractivity contribution in [2.75, 3.05) is 5.88 Å². The maximum atomic E-state index is 10.5. The Morgan fingerprint density at radius 3 is 2.60 bits per heavy atom. The lowest BCUT2D eigenvalue weighted by Crippen LogP contribution is -2.21. The molecule has 1 nitrogen and oxygen atoms in total. The highest BCUT2D eigenvalue weighted by Crippen LogP contribution is 2.29. The van der Waals surface area contributed by atoms with Crippen LogP contribution in [0.25, 0.3) is 0 Å². The summed E-state index contributed by atoms with van der Waals surface area (Å²) in [5, 5.41) is 0. The number of aldehydes is 1. The summed E-state index contributed by atoms with van der Waals surface area (Å²) >= 11 is 5.69. The van der Waals surface area contributed by atoms with E-state index in [0.29, 0.717) is 11.8 Å². The third-order valence-electron chi connectivity index (χ3n) is 2.34. The number of alkyl halides is 1. The summed E-state index contributed by atoms with van der Waals surface area (Å²) in [5.74, 6) is 1.38. The highest BCUT2D eigenvalue weighted by Gasteiger charge is 2.23. The van der Waals surface area contributed by atoms with Gasteiger partial charge in [-0.3, -0.25) is 0 Å². The van der Waals surface area contributed by atoms with Crippen molar-refractivity contribution in [3.63, 3.8) is 0 Å². The molecule has 0 aromatic rings. The van der Waals surface area contributed by atoms with Crippen LogP contribution in [0.1, 0.15) is 25.7 Å². The Morgan fingerprint density at radius 2 is 2.10 bits per heavy atom. The largest absolute Gasteiger partial charge is 0.303 e. The van der Waals surface area contributed by atoms with Crippen molar-refractivity contribution in [1.29, 1.82) is 0 Å². The van der Waals surface area contributed by atoms with E-state index in [1.54, 1.807) is 0 Å². The molecule has 0 amide bonds. The fraction of sp³-hybridized carbons (Fsp3) is 0.875. The average molecular weight is 161 g/mol.